The van der Waals surface area contributed by atoms with Crippen LogP contribution in [0.5, 0.6) is 0 Å². The number of anilines is 3. The van der Waals surface area contributed by atoms with Gasteiger partial charge < -0.3 is 10.6 Å². The van der Waals surface area contributed by atoms with Crippen molar-refractivity contribution >= 4 is 39.0 Å². The first-order valence-corrected chi connectivity index (χ1v) is 11.9. The van der Waals surface area contributed by atoms with Gasteiger partial charge in [0, 0.05) is 35.7 Å². The average molecular weight is 465 g/mol. The van der Waals surface area contributed by atoms with Crippen LogP contribution >= 0.6 is 0 Å². The van der Waals surface area contributed by atoms with Gasteiger partial charge >= 0.3 is 6.03 Å². The summed E-state index contributed by atoms with van der Waals surface area (Å²) in [4.78, 5) is 26.3. The van der Waals surface area contributed by atoms with Crippen LogP contribution < -0.4 is 20.3 Å². The van der Waals surface area contributed by atoms with Gasteiger partial charge in [-0.15, -0.1) is 0 Å². The number of rotatable bonds is 6. The van der Waals surface area contributed by atoms with Crippen LogP contribution in [0.4, 0.5) is 21.9 Å². The van der Waals surface area contributed by atoms with E-state index in [-0.39, 0.29) is 16.5 Å². The van der Waals surface area contributed by atoms with Crippen LogP contribution in [0.25, 0.3) is 0 Å². The van der Waals surface area contributed by atoms with E-state index in [0.29, 0.717) is 30.0 Å². The van der Waals surface area contributed by atoms with Crippen LogP contribution in [0.3, 0.4) is 0 Å². The lowest BCUT2D eigenvalue weighted by Gasteiger charge is -2.15. The maximum absolute atomic E-state index is 12.9. The third-order valence-corrected chi connectivity index (χ3v) is 6.74. The van der Waals surface area contributed by atoms with E-state index in [9.17, 15) is 18.0 Å². The first kappa shape index (κ1) is 22.3. The lowest BCUT2D eigenvalue weighted by Crippen LogP contribution is -2.27. The van der Waals surface area contributed by atoms with E-state index in [1.807, 2.05) is 19.1 Å². The fourth-order valence-electron chi connectivity index (χ4n) is 3.49. The van der Waals surface area contributed by atoms with Gasteiger partial charge in [0.2, 0.25) is 0 Å². The third-order valence-electron chi connectivity index (χ3n) is 5.36. The van der Waals surface area contributed by atoms with Crippen LogP contribution in [0.2, 0.25) is 0 Å². The number of urea groups is 1. The standard InChI is InChI=1S/C24H24N4O4S/c1-16-3-6-19(7-4-16)27-33(31,32)21-12-5-17(2)22(15-21)23(29)26-18-8-10-20(11-9-18)28-14-13-25-24(28)30/h3-12,15,27H,13-14H2,1-2H3,(H,25,30)(H,26,29). The largest absolute Gasteiger partial charge is 0.336 e. The quantitative estimate of drug-likeness (QED) is 0.514. The van der Waals surface area contributed by atoms with Crippen molar-refractivity contribution in [2.75, 3.05) is 28.0 Å². The van der Waals surface area contributed by atoms with Gasteiger partial charge in [-0.2, -0.15) is 0 Å². The number of amides is 3. The molecule has 0 radical (unpaired) electrons. The minimum Gasteiger partial charge on any atom is -0.336 e. The molecule has 3 N–H and O–H groups in total. The van der Waals surface area contributed by atoms with Gasteiger partial charge in [0.05, 0.1) is 4.90 Å². The van der Waals surface area contributed by atoms with E-state index in [2.05, 4.69) is 15.4 Å². The summed E-state index contributed by atoms with van der Waals surface area (Å²) in [5, 5.41) is 5.53. The number of carbonyl (C=O) groups excluding carboxylic acids is 2. The maximum atomic E-state index is 12.9. The van der Waals surface area contributed by atoms with Crippen LogP contribution in [-0.4, -0.2) is 33.4 Å². The molecule has 170 valence electrons. The van der Waals surface area contributed by atoms with Gasteiger partial charge in [-0.3, -0.25) is 14.4 Å². The number of benzene rings is 3. The summed E-state index contributed by atoms with van der Waals surface area (Å²) < 4.78 is 28.2. The van der Waals surface area contributed by atoms with Gasteiger partial charge in [-0.05, 0) is 67.9 Å². The molecule has 8 nitrogen and oxygen atoms in total. The summed E-state index contributed by atoms with van der Waals surface area (Å²) in [5.74, 6) is -0.424. The SMILES string of the molecule is Cc1ccc(NS(=O)(=O)c2ccc(C)c(C(=O)Nc3ccc(N4CCNC4=O)cc3)c2)cc1. The van der Waals surface area contributed by atoms with Crippen molar-refractivity contribution < 1.29 is 18.0 Å². The number of aryl methyl sites for hydroxylation is 2. The van der Waals surface area contributed by atoms with Crippen molar-refractivity contribution in [1.29, 1.82) is 0 Å². The molecule has 1 aliphatic heterocycles. The highest BCUT2D eigenvalue weighted by Crippen LogP contribution is 2.23. The minimum atomic E-state index is -3.87. The molecule has 0 bridgehead atoms. The van der Waals surface area contributed by atoms with Crippen molar-refractivity contribution in [3.8, 4) is 0 Å². The molecule has 0 aliphatic carbocycles. The molecule has 33 heavy (non-hydrogen) atoms. The van der Waals surface area contributed by atoms with Crippen molar-refractivity contribution in [1.82, 2.24) is 5.32 Å². The second-order valence-electron chi connectivity index (χ2n) is 7.83. The second kappa shape index (κ2) is 8.95. The van der Waals surface area contributed by atoms with Gasteiger partial charge in [-0.1, -0.05) is 23.8 Å². The molecule has 9 heteroatoms. The van der Waals surface area contributed by atoms with E-state index in [4.69, 9.17) is 0 Å². The summed E-state index contributed by atoms with van der Waals surface area (Å²) >= 11 is 0. The van der Waals surface area contributed by atoms with Crippen LogP contribution in [-0.2, 0) is 10.0 Å². The summed E-state index contributed by atoms with van der Waals surface area (Å²) in [5.41, 5.74) is 3.63. The first-order valence-electron chi connectivity index (χ1n) is 10.4. The monoisotopic (exact) mass is 464 g/mol. The Morgan fingerprint density at radius 3 is 2.24 bits per heavy atom. The smallest absolute Gasteiger partial charge is 0.321 e. The number of sulfonamides is 1. The Morgan fingerprint density at radius 2 is 1.61 bits per heavy atom. The molecule has 1 heterocycles. The molecule has 3 amide bonds. The number of nitrogens with one attached hydrogen (secondary N) is 3. The van der Waals surface area contributed by atoms with Gasteiger partial charge in [0.25, 0.3) is 15.9 Å². The predicted molar refractivity (Wildman–Crippen MR) is 128 cm³/mol. The Kier molecular flexibility index (Phi) is 6.06. The zero-order valence-corrected chi connectivity index (χ0v) is 19.1. The highest BCUT2D eigenvalue weighted by atomic mass is 32.2. The van der Waals surface area contributed by atoms with E-state index in [1.54, 1.807) is 54.3 Å². The van der Waals surface area contributed by atoms with Gasteiger partial charge in [0.15, 0.2) is 0 Å². The number of nitrogens with zero attached hydrogens (tertiary/aromatic N) is 1. The average Bonchev–Trinajstić information content (AvgIpc) is 3.21. The zero-order chi connectivity index (χ0) is 23.6. The molecule has 3 aromatic carbocycles. The number of carbonyl (C=O) groups is 2. The summed E-state index contributed by atoms with van der Waals surface area (Å²) in [6.07, 6.45) is 0. The van der Waals surface area contributed by atoms with Gasteiger partial charge in [-0.25, -0.2) is 13.2 Å². The summed E-state index contributed by atoms with van der Waals surface area (Å²) in [6, 6.07) is 18.2. The maximum Gasteiger partial charge on any atom is 0.321 e. The highest BCUT2D eigenvalue weighted by Gasteiger charge is 2.21. The fourth-order valence-corrected chi connectivity index (χ4v) is 4.57. The van der Waals surface area contributed by atoms with Gasteiger partial charge in [0.1, 0.15) is 0 Å². The molecule has 0 atom stereocenters. The first-order chi connectivity index (χ1) is 15.7. The molecule has 1 aliphatic rings. The van der Waals surface area contributed by atoms with Crippen molar-refractivity contribution in [2.45, 2.75) is 18.7 Å². The van der Waals surface area contributed by atoms with Crippen molar-refractivity contribution in [2.24, 2.45) is 0 Å². The van der Waals surface area contributed by atoms with Crippen LogP contribution in [0.15, 0.2) is 71.6 Å². The van der Waals surface area contributed by atoms with E-state index in [0.717, 1.165) is 11.3 Å². The van der Waals surface area contributed by atoms with Crippen molar-refractivity contribution in [3.63, 3.8) is 0 Å². The molecule has 1 saturated heterocycles. The molecule has 0 unspecified atom stereocenters. The van der Waals surface area contributed by atoms with E-state index in [1.165, 1.54) is 12.1 Å². The molecule has 0 aromatic heterocycles. The van der Waals surface area contributed by atoms with Crippen LogP contribution in [0, 0.1) is 13.8 Å². The van der Waals surface area contributed by atoms with Crippen LogP contribution in [0.1, 0.15) is 21.5 Å². The normalized spacial score (nSPS) is 13.5. The molecular formula is C24H24N4O4S. The second-order valence-corrected chi connectivity index (χ2v) is 9.52. The van der Waals surface area contributed by atoms with E-state index >= 15 is 0 Å². The Bertz CT molecular complexity index is 1300. The highest BCUT2D eigenvalue weighted by molar-refractivity contribution is 7.92. The Balaban J connectivity index is 1.51. The summed E-state index contributed by atoms with van der Waals surface area (Å²) in [7, 11) is -3.87. The lowest BCUT2D eigenvalue weighted by molar-refractivity contribution is 0.102. The lowest BCUT2D eigenvalue weighted by atomic mass is 10.1. The minimum absolute atomic E-state index is 0.00535. The molecule has 4 rings (SSSR count). The fraction of sp³-hybridized carbons (Fsp3) is 0.167. The van der Waals surface area contributed by atoms with E-state index < -0.39 is 15.9 Å². The zero-order valence-electron chi connectivity index (χ0n) is 18.3. The van der Waals surface area contributed by atoms with Crippen molar-refractivity contribution in [3.05, 3.63) is 83.4 Å². The Labute approximate surface area is 192 Å². The molecule has 3 aromatic rings. The topological polar surface area (TPSA) is 108 Å². The summed E-state index contributed by atoms with van der Waals surface area (Å²) in [6.45, 7) is 4.84. The Morgan fingerprint density at radius 1 is 0.939 bits per heavy atom. The molecule has 1 fully saturated rings. The number of hydrogen-bond donors (Lipinski definition) is 3. The number of hydrogen-bond acceptors (Lipinski definition) is 4. The molecule has 0 saturated carbocycles. The molecular weight excluding hydrogens is 440 g/mol. The Hall–Kier alpha value is -3.85. The predicted octanol–water partition coefficient (Wildman–Crippen LogP) is 3.89. The molecule has 0 spiro atoms. The third kappa shape index (κ3) is 4.98.